The predicted molar refractivity (Wildman–Crippen MR) is 106 cm³/mol. The maximum absolute atomic E-state index is 12.6. The third kappa shape index (κ3) is 4.61. The molecule has 7 heteroatoms. The van der Waals surface area contributed by atoms with Crippen LogP contribution in [0.4, 0.5) is 0 Å². The van der Waals surface area contributed by atoms with E-state index in [9.17, 15) is 4.79 Å². The van der Waals surface area contributed by atoms with Crippen molar-refractivity contribution in [3.8, 4) is 11.4 Å². The molecule has 0 saturated carbocycles. The maximum Gasteiger partial charge on any atom is 0.192 e. The van der Waals surface area contributed by atoms with Crippen LogP contribution in [-0.2, 0) is 11.3 Å². The zero-order chi connectivity index (χ0) is 19.2. The molecule has 0 amide bonds. The van der Waals surface area contributed by atoms with Crippen molar-refractivity contribution in [2.45, 2.75) is 25.5 Å². The van der Waals surface area contributed by atoms with E-state index in [1.165, 1.54) is 11.8 Å². The highest BCUT2D eigenvalue weighted by atomic mass is 32.2. The van der Waals surface area contributed by atoms with Crippen LogP contribution < -0.4 is 0 Å². The van der Waals surface area contributed by atoms with Gasteiger partial charge in [-0.3, -0.25) is 14.3 Å². The highest BCUT2D eigenvalue weighted by Crippen LogP contribution is 2.24. The van der Waals surface area contributed by atoms with Gasteiger partial charge in [-0.2, -0.15) is 0 Å². The van der Waals surface area contributed by atoms with Gasteiger partial charge in [0.1, 0.15) is 0 Å². The van der Waals surface area contributed by atoms with E-state index >= 15 is 0 Å². The summed E-state index contributed by atoms with van der Waals surface area (Å²) in [5.74, 6) is 1.14. The topological polar surface area (TPSA) is 69.9 Å². The Labute approximate surface area is 163 Å². The molecule has 3 rings (SSSR count). The van der Waals surface area contributed by atoms with E-state index < -0.39 is 0 Å². The third-order valence-corrected chi connectivity index (χ3v) is 5.16. The number of pyridine rings is 1. The number of methoxy groups -OCH3 is 1. The summed E-state index contributed by atoms with van der Waals surface area (Å²) in [7, 11) is 1.66. The predicted octanol–water partition coefficient (Wildman–Crippen LogP) is 3.58. The summed E-state index contributed by atoms with van der Waals surface area (Å²) < 4.78 is 7.20. The average molecular weight is 382 g/mol. The van der Waals surface area contributed by atoms with Crippen molar-refractivity contribution >= 4 is 17.5 Å². The summed E-state index contributed by atoms with van der Waals surface area (Å²) in [4.78, 5) is 16.7. The first-order valence-electron chi connectivity index (χ1n) is 8.66. The quantitative estimate of drug-likeness (QED) is 0.438. The molecule has 0 aliphatic heterocycles. The second kappa shape index (κ2) is 8.92. The molecule has 0 radical (unpaired) electrons. The minimum atomic E-state index is 0.0873. The fraction of sp³-hybridized carbons (Fsp3) is 0.300. The van der Waals surface area contributed by atoms with Crippen molar-refractivity contribution in [2.75, 3.05) is 19.5 Å². The molecule has 0 saturated heterocycles. The van der Waals surface area contributed by atoms with Crippen LogP contribution in [0.1, 0.15) is 21.5 Å². The van der Waals surface area contributed by atoms with Crippen molar-refractivity contribution in [2.24, 2.45) is 0 Å². The van der Waals surface area contributed by atoms with Crippen molar-refractivity contribution in [1.29, 1.82) is 0 Å². The molecule has 0 unspecified atom stereocenters. The van der Waals surface area contributed by atoms with Crippen LogP contribution in [0.3, 0.4) is 0 Å². The number of thioether (sulfide) groups is 1. The van der Waals surface area contributed by atoms with Crippen LogP contribution in [0.25, 0.3) is 11.4 Å². The molecule has 2 aromatic heterocycles. The van der Waals surface area contributed by atoms with Gasteiger partial charge in [-0.25, -0.2) is 0 Å². The second-order valence-corrected chi connectivity index (χ2v) is 7.16. The molecule has 3 aromatic rings. The number of nitrogens with zero attached hydrogens (tertiary/aromatic N) is 4. The van der Waals surface area contributed by atoms with Crippen LogP contribution in [-0.4, -0.2) is 45.0 Å². The maximum atomic E-state index is 12.6. The van der Waals surface area contributed by atoms with Crippen LogP contribution >= 0.6 is 11.8 Å². The van der Waals surface area contributed by atoms with E-state index in [2.05, 4.69) is 15.2 Å². The van der Waals surface area contributed by atoms with Gasteiger partial charge in [0.2, 0.25) is 0 Å². The second-order valence-electron chi connectivity index (χ2n) is 6.22. The fourth-order valence-corrected chi connectivity index (χ4v) is 3.68. The van der Waals surface area contributed by atoms with E-state index in [1.54, 1.807) is 19.5 Å². The summed E-state index contributed by atoms with van der Waals surface area (Å²) in [6.07, 6.45) is 3.45. The molecule has 0 aliphatic carbocycles. The summed E-state index contributed by atoms with van der Waals surface area (Å²) in [6.45, 7) is 5.14. The molecule has 0 aliphatic rings. The van der Waals surface area contributed by atoms with Crippen molar-refractivity contribution in [1.82, 2.24) is 19.7 Å². The summed E-state index contributed by atoms with van der Waals surface area (Å²) in [6, 6.07) is 9.67. The molecule has 2 heterocycles. The largest absolute Gasteiger partial charge is 0.383 e. The SMILES string of the molecule is COCCn1c(SCC(=O)c2ccc(C)cc2C)nnc1-c1ccncc1. The minimum Gasteiger partial charge on any atom is -0.383 e. The first-order chi connectivity index (χ1) is 13.1. The molecule has 0 spiro atoms. The number of hydrogen-bond donors (Lipinski definition) is 0. The highest BCUT2D eigenvalue weighted by Gasteiger charge is 2.17. The normalized spacial score (nSPS) is 10.9. The van der Waals surface area contributed by atoms with Crippen LogP contribution in [0.2, 0.25) is 0 Å². The Kier molecular flexibility index (Phi) is 6.36. The van der Waals surface area contributed by atoms with Crippen LogP contribution in [0, 0.1) is 13.8 Å². The lowest BCUT2D eigenvalue weighted by atomic mass is 10.0. The molecule has 0 atom stereocenters. The van der Waals surface area contributed by atoms with Gasteiger partial charge >= 0.3 is 0 Å². The summed E-state index contributed by atoms with van der Waals surface area (Å²) in [5.41, 5.74) is 3.84. The van der Waals surface area contributed by atoms with Gasteiger partial charge in [0.15, 0.2) is 16.8 Å². The number of benzene rings is 1. The van der Waals surface area contributed by atoms with Crippen molar-refractivity contribution in [3.05, 3.63) is 59.4 Å². The number of Topliss-reactive ketones (excluding diaryl/α,β-unsaturated/α-hetero) is 1. The summed E-state index contributed by atoms with van der Waals surface area (Å²) >= 11 is 1.40. The van der Waals surface area contributed by atoms with E-state index in [0.29, 0.717) is 24.1 Å². The molecule has 1 aromatic carbocycles. The molecular formula is C20H22N4O2S. The third-order valence-electron chi connectivity index (χ3n) is 4.19. The zero-order valence-corrected chi connectivity index (χ0v) is 16.5. The number of carbonyl (C=O) groups excluding carboxylic acids is 1. The van der Waals surface area contributed by atoms with Gasteiger partial charge in [0.05, 0.1) is 18.9 Å². The molecule has 0 fully saturated rings. The zero-order valence-electron chi connectivity index (χ0n) is 15.7. The Morgan fingerprint density at radius 3 is 2.63 bits per heavy atom. The Morgan fingerprint density at radius 2 is 1.93 bits per heavy atom. The van der Waals surface area contributed by atoms with E-state index in [-0.39, 0.29) is 5.78 Å². The van der Waals surface area contributed by atoms with Crippen molar-refractivity contribution < 1.29 is 9.53 Å². The lowest BCUT2D eigenvalue weighted by Crippen LogP contribution is -2.10. The lowest BCUT2D eigenvalue weighted by Gasteiger charge is -2.10. The Morgan fingerprint density at radius 1 is 1.15 bits per heavy atom. The molecule has 140 valence electrons. The number of ketones is 1. The molecule has 6 nitrogen and oxygen atoms in total. The van der Waals surface area contributed by atoms with Gasteiger partial charge in [0, 0.05) is 30.6 Å². The molecular weight excluding hydrogens is 360 g/mol. The van der Waals surface area contributed by atoms with Gasteiger partial charge < -0.3 is 4.74 Å². The number of aryl methyl sites for hydroxylation is 2. The Balaban J connectivity index is 1.80. The number of aromatic nitrogens is 4. The van der Waals surface area contributed by atoms with E-state index in [1.807, 2.05) is 48.7 Å². The average Bonchev–Trinajstić information content (AvgIpc) is 3.08. The van der Waals surface area contributed by atoms with Gasteiger partial charge in [-0.05, 0) is 31.5 Å². The highest BCUT2D eigenvalue weighted by molar-refractivity contribution is 7.99. The Hall–Kier alpha value is -2.51. The molecule has 0 N–H and O–H groups in total. The van der Waals surface area contributed by atoms with Crippen molar-refractivity contribution in [3.63, 3.8) is 0 Å². The molecule has 27 heavy (non-hydrogen) atoms. The standard InChI is InChI=1S/C20H22N4O2S/c1-14-4-5-17(15(2)12-14)18(25)13-27-20-23-22-19(24(20)10-11-26-3)16-6-8-21-9-7-16/h4-9,12H,10-11,13H2,1-3H3. The fourth-order valence-electron chi connectivity index (χ4n) is 2.83. The number of carbonyl (C=O) groups is 1. The van der Waals surface area contributed by atoms with Crippen LogP contribution in [0.5, 0.6) is 0 Å². The van der Waals surface area contributed by atoms with Gasteiger partial charge in [-0.1, -0.05) is 35.5 Å². The minimum absolute atomic E-state index is 0.0873. The lowest BCUT2D eigenvalue weighted by molar-refractivity contribution is 0.102. The van der Waals surface area contributed by atoms with E-state index in [0.717, 1.165) is 28.1 Å². The smallest absolute Gasteiger partial charge is 0.192 e. The van der Waals surface area contributed by atoms with Gasteiger partial charge in [-0.15, -0.1) is 10.2 Å². The van der Waals surface area contributed by atoms with Gasteiger partial charge in [0.25, 0.3) is 0 Å². The first kappa shape index (κ1) is 19.3. The Bertz CT molecular complexity index is 925. The number of rotatable bonds is 8. The summed E-state index contributed by atoms with van der Waals surface area (Å²) in [5, 5.41) is 9.32. The first-order valence-corrected chi connectivity index (χ1v) is 9.64. The van der Waals surface area contributed by atoms with E-state index in [4.69, 9.17) is 4.74 Å². The van der Waals surface area contributed by atoms with Crippen LogP contribution in [0.15, 0.2) is 47.9 Å². The number of hydrogen-bond acceptors (Lipinski definition) is 6. The number of ether oxygens (including phenoxy) is 1. The monoisotopic (exact) mass is 382 g/mol. The molecule has 0 bridgehead atoms.